The lowest BCUT2D eigenvalue weighted by Crippen LogP contribution is -2.37. The molecule has 0 fully saturated rings. The van der Waals surface area contributed by atoms with Crippen molar-refractivity contribution in [2.75, 3.05) is 7.05 Å². The maximum absolute atomic E-state index is 13.8. The molecule has 3 N–H and O–H groups in total. The normalized spacial score (nSPS) is 15.5. The Morgan fingerprint density at radius 2 is 2.11 bits per heavy atom. The second-order valence-electron chi connectivity index (χ2n) is 4.72. The van der Waals surface area contributed by atoms with E-state index in [1.165, 1.54) is 6.07 Å². The first-order valence-corrected chi connectivity index (χ1v) is 6.44. The fraction of sp³-hybridized carbons (Fsp3) is 0.500. The summed E-state index contributed by atoms with van der Waals surface area (Å²) >= 11 is 0. The zero-order chi connectivity index (χ0) is 14.4. The number of nitrogens with zero attached hydrogens (tertiary/aromatic N) is 2. The van der Waals surface area contributed by atoms with E-state index in [2.05, 4.69) is 10.1 Å². The van der Waals surface area contributed by atoms with Crippen LogP contribution in [0.1, 0.15) is 38.3 Å². The molecule has 4 nitrogen and oxygen atoms in total. The number of benzene rings is 1. The lowest BCUT2D eigenvalue weighted by molar-refractivity contribution is 0.179. The molecular weight excluding hydrogens is 245 g/mol. The van der Waals surface area contributed by atoms with Gasteiger partial charge in [-0.1, -0.05) is 30.3 Å². The number of hydrogen-bond donors (Lipinski definition) is 2. The first-order chi connectivity index (χ1) is 9.01. The van der Waals surface area contributed by atoms with Crippen molar-refractivity contribution in [3.63, 3.8) is 0 Å². The van der Waals surface area contributed by atoms with Gasteiger partial charge in [0.2, 0.25) is 0 Å². The van der Waals surface area contributed by atoms with Crippen LogP contribution in [0.2, 0.25) is 0 Å². The summed E-state index contributed by atoms with van der Waals surface area (Å²) in [6.07, 6.45) is 1.30. The molecule has 0 aliphatic carbocycles. The van der Waals surface area contributed by atoms with Crippen molar-refractivity contribution in [3.8, 4) is 0 Å². The van der Waals surface area contributed by atoms with Crippen LogP contribution < -0.4 is 5.73 Å². The Morgan fingerprint density at radius 3 is 2.63 bits per heavy atom. The van der Waals surface area contributed by atoms with Crippen LogP contribution in [-0.2, 0) is 0 Å². The highest BCUT2D eigenvalue weighted by Crippen LogP contribution is 2.25. The van der Waals surface area contributed by atoms with Gasteiger partial charge in [-0.2, -0.15) is 0 Å². The highest BCUT2D eigenvalue weighted by atomic mass is 19.1. The van der Waals surface area contributed by atoms with Gasteiger partial charge in [-0.3, -0.25) is 4.90 Å². The van der Waals surface area contributed by atoms with Gasteiger partial charge in [0, 0.05) is 24.1 Å². The van der Waals surface area contributed by atoms with Crippen LogP contribution >= 0.6 is 0 Å². The molecule has 1 rings (SSSR count). The van der Waals surface area contributed by atoms with Crippen LogP contribution in [0.4, 0.5) is 4.39 Å². The van der Waals surface area contributed by atoms with E-state index in [0.29, 0.717) is 12.0 Å². The van der Waals surface area contributed by atoms with Gasteiger partial charge in [-0.15, -0.1) is 0 Å². The molecule has 5 heteroatoms. The fourth-order valence-electron chi connectivity index (χ4n) is 2.21. The molecule has 0 aromatic heterocycles. The Hall–Kier alpha value is -1.62. The van der Waals surface area contributed by atoms with E-state index < -0.39 is 0 Å². The summed E-state index contributed by atoms with van der Waals surface area (Å²) in [6, 6.07) is 6.78. The highest BCUT2D eigenvalue weighted by molar-refractivity contribution is 5.80. The molecule has 0 radical (unpaired) electrons. The topological polar surface area (TPSA) is 61.9 Å². The molecule has 0 aliphatic rings. The van der Waals surface area contributed by atoms with Crippen molar-refractivity contribution in [1.29, 1.82) is 0 Å². The monoisotopic (exact) mass is 267 g/mol. The van der Waals surface area contributed by atoms with Gasteiger partial charge in [0.25, 0.3) is 0 Å². The fourth-order valence-corrected chi connectivity index (χ4v) is 2.21. The summed E-state index contributed by atoms with van der Waals surface area (Å²) in [4.78, 5) is 2.05. The molecule has 0 spiro atoms. The molecule has 2 atom stereocenters. The molecule has 0 saturated carbocycles. The first kappa shape index (κ1) is 15.4. The maximum Gasteiger partial charge on any atom is 0.140 e. The predicted octanol–water partition coefficient (Wildman–Crippen LogP) is 2.73. The number of amidine groups is 1. The summed E-state index contributed by atoms with van der Waals surface area (Å²) in [5, 5.41) is 11.6. The van der Waals surface area contributed by atoms with Crippen molar-refractivity contribution in [1.82, 2.24) is 4.90 Å². The van der Waals surface area contributed by atoms with Gasteiger partial charge in [0.1, 0.15) is 11.7 Å². The maximum atomic E-state index is 13.8. The van der Waals surface area contributed by atoms with Crippen LogP contribution in [0.25, 0.3) is 0 Å². The van der Waals surface area contributed by atoms with Crippen molar-refractivity contribution in [2.24, 2.45) is 10.9 Å². The summed E-state index contributed by atoms with van der Waals surface area (Å²) in [6.45, 7) is 3.98. The third-order valence-electron chi connectivity index (χ3n) is 3.59. The number of oxime groups is 1. The summed E-state index contributed by atoms with van der Waals surface area (Å²) < 4.78 is 13.8. The van der Waals surface area contributed by atoms with Crippen molar-refractivity contribution < 1.29 is 9.60 Å². The minimum atomic E-state index is -0.208. The van der Waals surface area contributed by atoms with Crippen molar-refractivity contribution in [2.45, 2.75) is 38.8 Å². The Morgan fingerprint density at radius 1 is 1.47 bits per heavy atom. The van der Waals surface area contributed by atoms with Crippen LogP contribution in [0.5, 0.6) is 0 Å². The molecule has 0 bridgehead atoms. The van der Waals surface area contributed by atoms with Crippen LogP contribution in [0.3, 0.4) is 0 Å². The average molecular weight is 267 g/mol. The van der Waals surface area contributed by atoms with Gasteiger partial charge in [-0.05, 0) is 26.5 Å². The van der Waals surface area contributed by atoms with Gasteiger partial charge in [0.15, 0.2) is 0 Å². The molecule has 0 saturated heterocycles. The molecule has 0 heterocycles. The molecule has 19 heavy (non-hydrogen) atoms. The Labute approximate surface area is 113 Å². The summed E-state index contributed by atoms with van der Waals surface area (Å²) in [5.41, 5.74) is 6.21. The van der Waals surface area contributed by atoms with Gasteiger partial charge in [-0.25, -0.2) is 4.39 Å². The quantitative estimate of drug-likeness (QED) is 0.360. The number of nitrogens with two attached hydrogens (primary N) is 1. The Kier molecular flexibility index (Phi) is 5.76. The largest absolute Gasteiger partial charge is 0.409 e. The molecule has 106 valence electrons. The predicted molar refractivity (Wildman–Crippen MR) is 74.7 cm³/mol. The van der Waals surface area contributed by atoms with Crippen molar-refractivity contribution >= 4 is 5.84 Å². The minimum absolute atomic E-state index is 0.0716. The zero-order valence-electron chi connectivity index (χ0n) is 11.7. The second-order valence-corrected chi connectivity index (χ2v) is 4.72. The first-order valence-electron chi connectivity index (χ1n) is 6.44. The van der Waals surface area contributed by atoms with E-state index in [4.69, 9.17) is 10.9 Å². The SMILES string of the molecule is CCC(CC(N)=NO)N(C)C(C)c1ccccc1F. The lowest BCUT2D eigenvalue weighted by atomic mass is 10.0. The number of hydrogen-bond acceptors (Lipinski definition) is 3. The summed E-state index contributed by atoms with van der Waals surface area (Å²) in [7, 11) is 1.93. The zero-order valence-corrected chi connectivity index (χ0v) is 11.7. The highest BCUT2D eigenvalue weighted by Gasteiger charge is 2.22. The molecular formula is C14H22FN3O. The van der Waals surface area contributed by atoms with E-state index in [-0.39, 0.29) is 23.7 Å². The molecule has 1 aromatic rings. The third-order valence-corrected chi connectivity index (χ3v) is 3.59. The number of halogens is 1. The van der Waals surface area contributed by atoms with Gasteiger partial charge in [0.05, 0.1) is 0 Å². The molecule has 0 aliphatic heterocycles. The van der Waals surface area contributed by atoms with Crippen LogP contribution in [0.15, 0.2) is 29.4 Å². The Bertz CT molecular complexity index is 436. The second kappa shape index (κ2) is 7.09. The van der Waals surface area contributed by atoms with Crippen LogP contribution in [0, 0.1) is 5.82 Å². The van der Waals surface area contributed by atoms with Gasteiger partial charge >= 0.3 is 0 Å². The van der Waals surface area contributed by atoms with E-state index in [1.807, 2.05) is 27.0 Å². The van der Waals surface area contributed by atoms with E-state index in [1.54, 1.807) is 12.1 Å². The van der Waals surface area contributed by atoms with Crippen LogP contribution in [-0.4, -0.2) is 29.0 Å². The number of rotatable bonds is 6. The summed E-state index contributed by atoms with van der Waals surface area (Å²) in [5.74, 6) is -0.0140. The minimum Gasteiger partial charge on any atom is -0.409 e. The molecule has 2 unspecified atom stereocenters. The van der Waals surface area contributed by atoms with Gasteiger partial charge < -0.3 is 10.9 Å². The molecule has 1 aromatic carbocycles. The Balaban J connectivity index is 2.85. The van der Waals surface area contributed by atoms with E-state index in [9.17, 15) is 4.39 Å². The standard InChI is InChI=1S/C14H22FN3O/c1-4-11(9-14(16)17-19)18(3)10(2)12-7-5-6-8-13(12)15/h5-8,10-11,19H,4,9H2,1-3H3,(H2,16,17). The smallest absolute Gasteiger partial charge is 0.140 e. The molecule has 0 amide bonds. The van der Waals surface area contributed by atoms with Crippen molar-refractivity contribution in [3.05, 3.63) is 35.6 Å². The van der Waals surface area contributed by atoms with E-state index in [0.717, 1.165) is 6.42 Å². The average Bonchev–Trinajstić information content (AvgIpc) is 2.43. The third kappa shape index (κ3) is 3.92. The van der Waals surface area contributed by atoms with E-state index >= 15 is 0 Å². The lowest BCUT2D eigenvalue weighted by Gasteiger charge is -2.32.